The van der Waals surface area contributed by atoms with Gasteiger partial charge in [0.05, 0.1) is 0 Å². The van der Waals surface area contributed by atoms with Crippen LogP contribution < -0.4 is 10.6 Å². The Bertz CT molecular complexity index is 418. The van der Waals surface area contributed by atoms with Crippen molar-refractivity contribution in [3.8, 4) is 0 Å². The molecular weight excluding hydrogens is 235 g/mol. The first kappa shape index (κ1) is 13.9. The molecule has 0 bridgehead atoms. The van der Waals surface area contributed by atoms with E-state index in [0.29, 0.717) is 17.5 Å². The van der Waals surface area contributed by atoms with E-state index in [1.165, 1.54) is 6.07 Å². The Morgan fingerprint density at radius 1 is 1.35 bits per heavy atom. The average Bonchev–Trinajstić information content (AvgIpc) is 2.26. The highest BCUT2D eigenvalue weighted by Crippen LogP contribution is 2.21. The summed E-state index contributed by atoms with van der Waals surface area (Å²) in [4.78, 5) is 2.14. The quantitative estimate of drug-likeness (QED) is 0.838. The number of hydrogen-bond acceptors (Lipinski definition) is 2. The number of rotatable bonds is 4. The summed E-state index contributed by atoms with van der Waals surface area (Å²) in [7, 11) is 1.96. The van der Waals surface area contributed by atoms with Crippen molar-refractivity contribution in [2.45, 2.75) is 26.8 Å². The minimum Gasteiger partial charge on any atom is -0.389 e. The van der Waals surface area contributed by atoms with Crippen LogP contribution in [0.4, 0.5) is 10.1 Å². The second-order valence-corrected chi connectivity index (χ2v) is 5.06. The Hall–Kier alpha value is -1.16. The number of thiocarbonyl (C=S) groups is 1. The molecule has 0 saturated carbocycles. The Morgan fingerprint density at radius 2 is 1.94 bits per heavy atom. The Balaban J connectivity index is 3.01. The van der Waals surface area contributed by atoms with E-state index >= 15 is 0 Å². The molecule has 1 atom stereocenters. The minimum atomic E-state index is -0.363. The summed E-state index contributed by atoms with van der Waals surface area (Å²) in [6.45, 7) is 6.39. The van der Waals surface area contributed by atoms with E-state index in [2.05, 4.69) is 25.7 Å². The topological polar surface area (TPSA) is 29.3 Å². The predicted octanol–water partition coefficient (Wildman–Crippen LogP) is 2.94. The van der Waals surface area contributed by atoms with Gasteiger partial charge in [0.25, 0.3) is 0 Å². The molecule has 2 nitrogen and oxygen atoms in total. The van der Waals surface area contributed by atoms with Crippen LogP contribution in [0.2, 0.25) is 0 Å². The molecule has 94 valence electrons. The lowest BCUT2D eigenvalue weighted by Gasteiger charge is -2.30. The van der Waals surface area contributed by atoms with Crippen molar-refractivity contribution >= 4 is 22.9 Å². The fourth-order valence-corrected chi connectivity index (χ4v) is 1.77. The van der Waals surface area contributed by atoms with Crippen LogP contribution in [0.3, 0.4) is 0 Å². The highest BCUT2D eigenvalue weighted by molar-refractivity contribution is 7.80. The molecule has 17 heavy (non-hydrogen) atoms. The second-order valence-electron chi connectivity index (χ2n) is 4.62. The normalized spacial score (nSPS) is 12.6. The number of hydrogen-bond donors (Lipinski definition) is 1. The van der Waals surface area contributed by atoms with Gasteiger partial charge >= 0.3 is 0 Å². The van der Waals surface area contributed by atoms with Gasteiger partial charge in [0, 0.05) is 24.3 Å². The zero-order valence-electron chi connectivity index (χ0n) is 10.7. The minimum absolute atomic E-state index is 0.0913. The highest BCUT2D eigenvalue weighted by atomic mass is 32.1. The first-order valence-corrected chi connectivity index (χ1v) is 6.07. The van der Waals surface area contributed by atoms with E-state index in [9.17, 15) is 4.39 Å². The van der Waals surface area contributed by atoms with E-state index in [1.54, 1.807) is 6.07 Å². The summed E-state index contributed by atoms with van der Waals surface area (Å²) in [6.07, 6.45) is 0. The number of nitrogens with two attached hydrogens (primary N) is 1. The summed E-state index contributed by atoms with van der Waals surface area (Å²) >= 11 is 4.78. The summed E-state index contributed by atoms with van der Waals surface area (Å²) in [5, 5.41) is 0. The van der Waals surface area contributed by atoms with Crippen LogP contribution in [0.15, 0.2) is 18.2 Å². The third-order valence-corrected chi connectivity index (χ3v) is 3.42. The molecule has 0 spiro atoms. The summed E-state index contributed by atoms with van der Waals surface area (Å²) in [6, 6.07) is 5.30. The summed E-state index contributed by atoms with van der Waals surface area (Å²) < 4.78 is 13.7. The molecule has 0 aliphatic rings. The first-order chi connectivity index (χ1) is 7.84. The highest BCUT2D eigenvalue weighted by Gasteiger charge is 2.15. The van der Waals surface area contributed by atoms with Crippen LogP contribution in [0.25, 0.3) is 0 Å². The Kier molecular flexibility index (Phi) is 4.46. The maximum Gasteiger partial charge on any atom is 0.135 e. The molecule has 1 aromatic rings. The summed E-state index contributed by atoms with van der Waals surface area (Å²) in [5.41, 5.74) is 6.56. The lowest BCUT2D eigenvalue weighted by molar-refractivity contribution is 0.504. The van der Waals surface area contributed by atoms with Crippen molar-refractivity contribution < 1.29 is 4.39 Å². The standard InChI is InChI=1S/C13H19FN2S/c1-8(2)9(3)16(4)10-5-6-11(13(15)17)12(14)7-10/h5-9H,1-4H3,(H2,15,17). The van der Waals surface area contributed by atoms with Gasteiger partial charge in [0.15, 0.2) is 0 Å². The first-order valence-electron chi connectivity index (χ1n) is 5.66. The van der Waals surface area contributed by atoms with Gasteiger partial charge in [-0.15, -0.1) is 0 Å². The molecule has 0 amide bonds. The SMILES string of the molecule is CC(C)C(C)N(C)c1ccc(C(N)=S)c(F)c1. The molecule has 0 heterocycles. The van der Waals surface area contributed by atoms with E-state index in [4.69, 9.17) is 18.0 Å². The van der Waals surface area contributed by atoms with Gasteiger partial charge in [-0.2, -0.15) is 0 Å². The van der Waals surface area contributed by atoms with Crippen molar-refractivity contribution in [1.29, 1.82) is 0 Å². The molecule has 0 fully saturated rings. The van der Waals surface area contributed by atoms with Crippen molar-refractivity contribution in [2.24, 2.45) is 11.7 Å². The molecular formula is C13H19FN2S. The number of benzene rings is 1. The predicted molar refractivity (Wildman–Crippen MR) is 75.0 cm³/mol. The molecule has 0 aliphatic carbocycles. The van der Waals surface area contributed by atoms with Crippen LogP contribution in [0.5, 0.6) is 0 Å². The van der Waals surface area contributed by atoms with Crippen LogP contribution in [-0.2, 0) is 0 Å². The number of anilines is 1. The molecule has 1 unspecified atom stereocenters. The molecule has 0 aromatic heterocycles. The van der Waals surface area contributed by atoms with Crippen molar-refractivity contribution in [3.05, 3.63) is 29.6 Å². The van der Waals surface area contributed by atoms with Crippen molar-refractivity contribution in [1.82, 2.24) is 0 Å². The van der Waals surface area contributed by atoms with Gasteiger partial charge in [-0.3, -0.25) is 0 Å². The molecule has 1 aromatic carbocycles. The van der Waals surface area contributed by atoms with E-state index < -0.39 is 0 Å². The van der Waals surface area contributed by atoms with Gasteiger partial charge in [-0.05, 0) is 31.0 Å². The van der Waals surface area contributed by atoms with Crippen molar-refractivity contribution in [3.63, 3.8) is 0 Å². The van der Waals surface area contributed by atoms with Crippen LogP contribution in [0.1, 0.15) is 26.3 Å². The Morgan fingerprint density at radius 3 is 2.35 bits per heavy atom. The lowest BCUT2D eigenvalue weighted by Crippen LogP contribution is -2.33. The molecule has 4 heteroatoms. The smallest absolute Gasteiger partial charge is 0.135 e. The third kappa shape index (κ3) is 3.16. The fraction of sp³-hybridized carbons (Fsp3) is 0.462. The molecule has 0 aliphatic heterocycles. The number of halogens is 1. The lowest BCUT2D eigenvalue weighted by atomic mass is 10.0. The molecule has 0 saturated heterocycles. The van der Waals surface area contributed by atoms with Gasteiger partial charge in [0.2, 0.25) is 0 Å². The van der Waals surface area contributed by atoms with E-state index in [1.807, 2.05) is 13.1 Å². The molecule has 0 radical (unpaired) electrons. The van der Waals surface area contributed by atoms with Gasteiger partial charge < -0.3 is 10.6 Å². The number of nitrogens with zero attached hydrogens (tertiary/aromatic N) is 1. The maximum absolute atomic E-state index is 13.7. The largest absolute Gasteiger partial charge is 0.389 e. The van der Waals surface area contributed by atoms with E-state index in [-0.39, 0.29) is 10.8 Å². The summed E-state index contributed by atoms with van der Waals surface area (Å²) in [5.74, 6) is 0.135. The van der Waals surface area contributed by atoms with Gasteiger partial charge in [-0.1, -0.05) is 26.1 Å². The van der Waals surface area contributed by atoms with Crippen molar-refractivity contribution in [2.75, 3.05) is 11.9 Å². The second kappa shape index (κ2) is 5.45. The Labute approximate surface area is 108 Å². The molecule has 1 rings (SSSR count). The van der Waals surface area contributed by atoms with Crippen LogP contribution in [0, 0.1) is 11.7 Å². The van der Waals surface area contributed by atoms with Crippen LogP contribution >= 0.6 is 12.2 Å². The van der Waals surface area contributed by atoms with Crippen LogP contribution in [-0.4, -0.2) is 18.1 Å². The average molecular weight is 254 g/mol. The fourth-order valence-electron chi connectivity index (χ4n) is 1.61. The van der Waals surface area contributed by atoms with Gasteiger partial charge in [-0.25, -0.2) is 4.39 Å². The maximum atomic E-state index is 13.7. The van der Waals surface area contributed by atoms with E-state index in [0.717, 1.165) is 5.69 Å². The monoisotopic (exact) mass is 254 g/mol. The zero-order valence-corrected chi connectivity index (χ0v) is 11.5. The molecule has 2 N–H and O–H groups in total. The zero-order chi connectivity index (χ0) is 13.2. The van der Waals surface area contributed by atoms with Gasteiger partial charge in [0.1, 0.15) is 10.8 Å². The third-order valence-electron chi connectivity index (χ3n) is 3.20.